The third kappa shape index (κ3) is 3.93. The van der Waals surface area contributed by atoms with Crippen LogP contribution in [0.2, 0.25) is 0 Å². The van der Waals surface area contributed by atoms with Crippen molar-refractivity contribution in [2.24, 2.45) is 0 Å². The Hall–Kier alpha value is -3.19. The molecule has 1 saturated heterocycles. The Morgan fingerprint density at radius 1 is 1.23 bits per heavy atom. The van der Waals surface area contributed by atoms with Gasteiger partial charge >= 0.3 is 5.97 Å². The lowest BCUT2D eigenvalue weighted by Crippen LogP contribution is -2.30. The summed E-state index contributed by atoms with van der Waals surface area (Å²) >= 11 is 5.63. The highest BCUT2D eigenvalue weighted by Crippen LogP contribution is 2.40. The van der Waals surface area contributed by atoms with Gasteiger partial charge in [0.05, 0.1) is 17.3 Å². The number of benzene rings is 1. The van der Waals surface area contributed by atoms with Crippen LogP contribution in [-0.4, -0.2) is 32.6 Å². The van der Waals surface area contributed by atoms with Gasteiger partial charge < -0.3 is 19.7 Å². The van der Waals surface area contributed by atoms with E-state index in [1.807, 2.05) is 36.4 Å². The molecule has 0 spiro atoms. The van der Waals surface area contributed by atoms with Crippen LogP contribution in [0.1, 0.15) is 53.7 Å². The molecule has 7 heteroatoms. The number of carbonyl (C=O) groups is 1. The van der Waals surface area contributed by atoms with Gasteiger partial charge in [-0.15, -0.1) is 0 Å². The average Bonchev–Trinajstić information content (AvgIpc) is 3.37. The number of thiocarbonyl (C=S) groups is 1. The molecule has 0 saturated carbocycles. The van der Waals surface area contributed by atoms with E-state index in [9.17, 15) is 9.90 Å². The Morgan fingerprint density at radius 3 is 2.83 bits per heavy atom. The van der Waals surface area contributed by atoms with Gasteiger partial charge in [-0.3, -0.25) is 4.98 Å². The number of nitrogens with one attached hydrogen (secondary N) is 1. The number of hydrogen-bond donors (Lipinski definition) is 2. The van der Waals surface area contributed by atoms with Crippen molar-refractivity contribution in [2.45, 2.75) is 31.8 Å². The molecule has 0 radical (unpaired) electrons. The van der Waals surface area contributed by atoms with Gasteiger partial charge in [-0.1, -0.05) is 31.5 Å². The molecule has 0 unspecified atom stereocenters. The molecule has 4 rings (SSSR count). The third-order valence-electron chi connectivity index (χ3n) is 5.26. The standard InChI is InChI=1S/C23H23N3O3S/c1-2-3-13-26-21(20(25-23(26)30)17-9-4-5-12-24-17)19-11-10-18(29-19)15-7-6-8-16(14-15)22(27)28/h4-12,14,20-21H,2-3,13H2,1H3,(H,25,30)(H,27,28)/t20-,21+/m0/s1. The predicted octanol–water partition coefficient (Wildman–Crippen LogP) is 4.81. The van der Waals surface area contributed by atoms with Gasteiger partial charge in [0.25, 0.3) is 0 Å². The van der Waals surface area contributed by atoms with Crippen LogP contribution in [0, 0.1) is 0 Å². The molecule has 2 aromatic heterocycles. The Morgan fingerprint density at radius 2 is 2.10 bits per heavy atom. The van der Waals surface area contributed by atoms with Crippen LogP contribution in [0.3, 0.4) is 0 Å². The number of aromatic carboxylic acids is 1. The third-order valence-corrected chi connectivity index (χ3v) is 5.62. The zero-order valence-corrected chi connectivity index (χ0v) is 17.4. The van der Waals surface area contributed by atoms with Gasteiger partial charge in [-0.2, -0.15) is 0 Å². The number of pyridine rings is 1. The minimum atomic E-state index is -0.963. The first-order valence-electron chi connectivity index (χ1n) is 10.00. The lowest BCUT2D eigenvalue weighted by atomic mass is 10.0. The SMILES string of the molecule is CCCCN1C(=S)N[C@@H](c2ccccn2)[C@H]1c1ccc(-c2cccc(C(=O)O)c2)o1. The number of hydrogen-bond acceptors (Lipinski definition) is 4. The quantitative estimate of drug-likeness (QED) is 0.530. The molecule has 3 aromatic rings. The van der Waals surface area contributed by atoms with Crippen molar-refractivity contribution in [1.29, 1.82) is 0 Å². The molecule has 1 fully saturated rings. The van der Waals surface area contributed by atoms with Gasteiger partial charge in [-0.25, -0.2) is 4.79 Å². The molecule has 30 heavy (non-hydrogen) atoms. The van der Waals surface area contributed by atoms with Crippen molar-refractivity contribution in [3.63, 3.8) is 0 Å². The molecule has 6 nitrogen and oxygen atoms in total. The van der Waals surface area contributed by atoms with Crippen molar-refractivity contribution in [3.05, 3.63) is 77.8 Å². The van der Waals surface area contributed by atoms with Gasteiger partial charge in [0.1, 0.15) is 17.6 Å². The molecule has 1 aliphatic heterocycles. The zero-order chi connectivity index (χ0) is 21.1. The summed E-state index contributed by atoms with van der Waals surface area (Å²) in [6.45, 7) is 2.97. The Balaban J connectivity index is 1.71. The molecule has 2 N–H and O–H groups in total. The minimum absolute atomic E-state index is 0.125. The van der Waals surface area contributed by atoms with Gasteiger partial charge in [0.2, 0.25) is 0 Å². The van der Waals surface area contributed by atoms with E-state index in [0.29, 0.717) is 10.9 Å². The molecule has 3 heterocycles. The topological polar surface area (TPSA) is 78.6 Å². The fourth-order valence-electron chi connectivity index (χ4n) is 3.76. The van der Waals surface area contributed by atoms with E-state index in [1.165, 1.54) is 0 Å². The van der Waals surface area contributed by atoms with E-state index < -0.39 is 5.97 Å². The summed E-state index contributed by atoms with van der Waals surface area (Å²) in [4.78, 5) is 18.0. The fraction of sp³-hybridized carbons (Fsp3) is 0.261. The molecular formula is C23H23N3O3S. The van der Waals surface area contributed by atoms with E-state index in [0.717, 1.165) is 36.4 Å². The number of furan rings is 1. The first-order valence-corrected chi connectivity index (χ1v) is 10.4. The fourth-order valence-corrected chi connectivity index (χ4v) is 4.09. The highest BCUT2D eigenvalue weighted by Gasteiger charge is 2.41. The van der Waals surface area contributed by atoms with Crippen molar-refractivity contribution in [1.82, 2.24) is 15.2 Å². The lowest BCUT2D eigenvalue weighted by molar-refractivity contribution is 0.0697. The number of rotatable bonds is 7. The molecule has 154 valence electrons. The smallest absolute Gasteiger partial charge is 0.335 e. The lowest BCUT2D eigenvalue weighted by Gasteiger charge is -2.25. The van der Waals surface area contributed by atoms with Crippen LogP contribution in [-0.2, 0) is 0 Å². The van der Waals surface area contributed by atoms with E-state index in [2.05, 4.69) is 22.1 Å². The van der Waals surface area contributed by atoms with E-state index in [1.54, 1.807) is 24.4 Å². The number of carboxylic acids is 1. The van der Waals surface area contributed by atoms with Crippen molar-refractivity contribution >= 4 is 23.3 Å². The summed E-state index contributed by atoms with van der Waals surface area (Å²) in [6.07, 6.45) is 3.85. The number of aromatic nitrogens is 1. The Bertz CT molecular complexity index is 1050. The highest BCUT2D eigenvalue weighted by molar-refractivity contribution is 7.80. The summed E-state index contributed by atoms with van der Waals surface area (Å²) in [6, 6.07) is 16.2. The van der Waals surface area contributed by atoms with Gasteiger partial charge in [0.15, 0.2) is 5.11 Å². The Kier molecular flexibility index (Phi) is 5.81. The van der Waals surface area contributed by atoms with Crippen molar-refractivity contribution in [2.75, 3.05) is 6.54 Å². The van der Waals surface area contributed by atoms with Crippen LogP contribution < -0.4 is 5.32 Å². The van der Waals surface area contributed by atoms with Crippen LogP contribution >= 0.6 is 12.2 Å². The largest absolute Gasteiger partial charge is 0.478 e. The van der Waals surface area contributed by atoms with E-state index in [-0.39, 0.29) is 17.6 Å². The molecule has 1 aromatic carbocycles. The second-order valence-corrected chi connectivity index (χ2v) is 7.65. The Labute approximate surface area is 180 Å². The predicted molar refractivity (Wildman–Crippen MR) is 118 cm³/mol. The first kappa shape index (κ1) is 20.1. The van der Waals surface area contributed by atoms with Gasteiger partial charge in [-0.05, 0) is 55.0 Å². The first-order chi connectivity index (χ1) is 14.6. The maximum absolute atomic E-state index is 11.3. The molecule has 0 bridgehead atoms. The second-order valence-electron chi connectivity index (χ2n) is 7.26. The van der Waals surface area contributed by atoms with Gasteiger partial charge in [0, 0.05) is 18.3 Å². The summed E-state index contributed by atoms with van der Waals surface area (Å²) in [5.41, 5.74) is 1.85. The van der Waals surface area contributed by atoms with E-state index in [4.69, 9.17) is 16.6 Å². The number of nitrogens with zero attached hydrogens (tertiary/aromatic N) is 2. The van der Waals surface area contributed by atoms with Crippen LogP contribution in [0.25, 0.3) is 11.3 Å². The molecular weight excluding hydrogens is 398 g/mol. The molecule has 1 aliphatic rings. The number of carboxylic acid groups (broad SMARTS) is 1. The summed E-state index contributed by atoms with van der Waals surface area (Å²) in [5.74, 6) is 0.431. The zero-order valence-electron chi connectivity index (χ0n) is 16.6. The number of unbranched alkanes of at least 4 members (excludes halogenated alkanes) is 1. The average molecular weight is 422 g/mol. The minimum Gasteiger partial charge on any atom is -0.478 e. The summed E-state index contributed by atoms with van der Waals surface area (Å²) < 4.78 is 6.24. The van der Waals surface area contributed by atoms with Crippen molar-refractivity contribution < 1.29 is 14.3 Å². The van der Waals surface area contributed by atoms with Crippen LogP contribution in [0.5, 0.6) is 0 Å². The molecule has 2 atom stereocenters. The molecule has 0 amide bonds. The summed E-state index contributed by atoms with van der Waals surface area (Å²) in [7, 11) is 0. The summed E-state index contributed by atoms with van der Waals surface area (Å²) in [5, 5.41) is 13.4. The monoisotopic (exact) mass is 421 g/mol. The van der Waals surface area contributed by atoms with Crippen LogP contribution in [0.15, 0.2) is 65.2 Å². The highest BCUT2D eigenvalue weighted by atomic mass is 32.1. The van der Waals surface area contributed by atoms with Crippen molar-refractivity contribution in [3.8, 4) is 11.3 Å². The normalized spacial score (nSPS) is 18.4. The van der Waals surface area contributed by atoms with Crippen LogP contribution in [0.4, 0.5) is 0 Å². The van der Waals surface area contributed by atoms with E-state index >= 15 is 0 Å². The molecule has 0 aliphatic carbocycles. The second kappa shape index (κ2) is 8.67. The maximum Gasteiger partial charge on any atom is 0.335 e. The maximum atomic E-state index is 11.3.